The van der Waals surface area contributed by atoms with E-state index in [1.54, 1.807) is 37.3 Å². The first-order chi connectivity index (χ1) is 21.3. The van der Waals surface area contributed by atoms with Crippen molar-refractivity contribution in [3.63, 3.8) is 0 Å². The number of amides is 1. The van der Waals surface area contributed by atoms with Gasteiger partial charge in [-0.1, -0.05) is 54.6 Å². The molecule has 0 saturated carbocycles. The number of aromatic nitrogens is 1. The Bertz CT molecular complexity index is 1800. The molecule has 9 nitrogen and oxygen atoms in total. The molecule has 2 N–H and O–H groups in total. The van der Waals surface area contributed by atoms with Gasteiger partial charge in [0, 0.05) is 38.4 Å². The summed E-state index contributed by atoms with van der Waals surface area (Å²) in [6, 6.07) is 23.1. The van der Waals surface area contributed by atoms with Gasteiger partial charge in [-0.3, -0.25) is 14.5 Å². The Morgan fingerprint density at radius 3 is 2.13 bits per heavy atom. The number of primary amides is 1. The average Bonchev–Trinajstić information content (AvgIpc) is 3.33. The summed E-state index contributed by atoms with van der Waals surface area (Å²) in [4.78, 5) is 27.6. The van der Waals surface area contributed by atoms with Crippen molar-refractivity contribution >= 4 is 21.7 Å². The van der Waals surface area contributed by atoms with E-state index in [2.05, 4.69) is 4.74 Å². The zero-order valence-electron chi connectivity index (χ0n) is 24.3. The molecule has 0 bridgehead atoms. The fourth-order valence-electron chi connectivity index (χ4n) is 5.36. The lowest BCUT2D eigenvalue weighted by Crippen LogP contribution is -2.49. The lowest BCUT2D eigenvalue weighted by Gasteiger charge is -2.33. The zero-order chi connectivity index (χ0) is 32.4. The highest BCUT2D eigenvalue weighted by atomic mass is 32.2. The molecule has 0 spiro atoms. The topological polar surface area (TPSA) is 115 Å². The van der Waals surface area contributed by atoms with Gasteiger partial charge in [0.2, 0.25) is 10.0 Å². The molecule has 236 valence electrons. The number of piperazine rings is 1. The van der Waals surface area contributed by atoms with Crippen LogP contribution < -0.4 is 10.5 Å². The van der Waals surface area contributed by atoms with Gasteiger partial charge in [0.05, 0.1) is 22.7 Å². The van der Waals surface area contributed by atoms with E-state index < -0.39 is 28.0 Å². The molecule has 1 amide bonds. The Morgan fingerprint density at radius 2 is 1.51 bits per heavy atom. The monoisotopic (exact) mass is 640 g/mol. The van der Waals surface area contributed by atoms with E-state index >= 15 is 0 Å². The van der Waals surface area contributed by atoms with Crippen molar-refractivity contribution in [2.75, 3.05) is 32.7 Å². The van der Waals surface area contributed by atoms with Crippen molar-refractivity contribution in [3.05, 3.63) is 107 Å². The van der Waals surface area contributed by atoms with Crippen LogP contribution in [-0.4, -0.2) is 73.0 Å². The molecule has 45 heavy (non-hydrogen) atoms. The maximum absolute atomic E-state index is 13.5. The summed E-state index contributed by atoms with van der Waals surface area (Å²) < 4.78 is 71.8. The maximum Gasteiger partial charge on any atom is 0.573 e. The average molecular weight is 641 g/mol. The first kappa shape index (κ1) is 31.9. The van der Waals surface area contributed by atoms with E-state index in [9.17, 15) is 31.2 Å². The molecule has 0 atom stereocenters. The third kappa shape index (κ3) is 7.44. The molecule has 3 aromatic carbocycles. The van der Waals surface area contributed by atoms with Crippen molar-refractivity contribution in [2.24, 2.45) is 5.73 Å². The largest absolute Gasteiger partial charge is 0.573 e. The number of rotatable bonds is 10. The highest BCUT2D eigenvalue weighted by molar-refractivity contribution is 7.89. The normalized spacial score (nSPS) is 14.8. The van der Waals surface area contributed by atoms with Crippen LogP contribution in [0.2, 0.25) is 0 Å². The van der Waals surface area contributed by atoms with Crippen molar-refractivity contribution < 1.29 is 35.9 Å². The number of alkyl halides is 3. The Morgan fingerprint density at radius 1 is 0.867 bits per heavy atom. The molecule has 1 aromatic heterocycles. The van der Waals surface area contributed by atoms with Gasteiger partial charge in [0.1, 0.15) is 5.75 Å². The maximum atomic E-state index is 13.5. The number of nitrogens with zero attached hydrogens (tertiary/aromatic N) is 3. The molecule has 1 aliphatic rings. The Labute approximate surface area is 258 Å². The summed E-state index contributed by atoms with van der Waals surface area (Å²) in [5.41, 5.74) is 8.50. The first-order valence-corrected chi connectivity index (χ1v) is 15.5. The SMILES string of the molecule is Cc1c(C(N)=O)cc(C(=O)CN2CCN(S(=O)(=O)c3ccc(-c4ccccc4)cc3)CC2)n1Cc1cccc(OC(F)(F)F)c1. The molecule has 1 saturated heterocycles. The predicted octanol–water partition coefficient (Wildman–Crippen LogP) is 4.70. The van der Waals surface area contributed by atoms with E-state index in [-0.39, 0.29) is 48.1 Å². The second-order valence-corrected chi connectivity index (χ2v) is 12.6. The number of carbonyl (C=O) groups excluding carboxylic acids is 2. The summed E-state index contributed by atoms with van der Waals surface area (Å²) in [7, 11) is -3.75. The van der Waals surface area contributed by atoms with Crippen LogP contribution in [0.25, 0.3) is 11.1 Å². The van der Waals surface area contributed by atoms with Crippen molar-refractivity contribution in [3.8, 4) is 16.9 Å². The third-order valence-corrected chi connectivity index (χ3v) is 9.60. The Hall–Kier alpha value is -4.46. The van der Waals surface area contributed by atoms with Crippen LogP contribution in [0.1, 0.15) is 32.1 Å². The molecule has 0 unspecified atom stereocenters. The summed E-state index contributed by atoms with van der Waals surface area (Å²) in [5, 5.41) is 0. The standard InChI is InChI=1S/C32H31F3N4O5S/c1-22-28(31(36)41)19-29(39(22)20-23-6-5-9-26(18-23)44-32(33,34)35)30(40)21-37-14-16-38(17-15-37)45(42,43)27-12-10-25(11-13-27)24-7-3-2-4-8-24/h2-13,18-19H,14-17,20-21H2,1H3,(H2,36,41). The number of hydrogen-bond acceptors (Lipinski definition) is 6. The lowest BCUT2D eigenvalue weighted by molar-refractivity contribution is -0.274. The number of sulfonamides is 1. The van der Waals surface area contributed by atoms with Crippen LogP contribution in [0.3, 0.4) is 0 Å². The molecule has 0 aliphatic carbocycles. The van der Waals surface area contributed by atoms with Gasteiger partial charge < -0.3 is 15.0 Å². The minimum absolute atomic E-state index is 0.00960. The highest BCUT2D eigenvalue weighted by Crippen LogP contribution is 2.26. The summed E-state index contributed by atoms with van der Waals surface area (Å²) >= 11 is 0. The highest BCUT2D eigenvalue weighted by Gasteiger charge is 2.32. The molecular formula is C32H31F3N4O5S. The van der Waals surface area contributed by atoms with E-state index in [0.29, 0.717) is 24.3 Å². The van der Waals surface area contributed by atoms with Gasteiger partial charge in [-0.25, -0.2) is 8.42 Å². The lowest BCUT2D eigenvalue weighted by atomic mass is 10.1. The summed E-state index contributed by atoms with van der Waals surface area (Å²) in [6.45, 7) is 2.48. The van der Waals surface area contributed by atoms with Gasteiger partial charge >= 0.3 is 6.36 Å². The minimum Gasteiger partial charge on any atom is -0.406 e. The van der Waals surface area contributed by atoms with Crippen LogP contribution in [-0.2, 0) is 16.6 Å². The predicted molar refractivity (Wildman–Crippen MR) is 161 cm³/mol. The van der Waals surface area contributed by atoms with Crippen LogP contribution in [0.5, 0.6) is 5.75 Å². The molecular weight excluding hydrogens is 609 g/mol. The molecule has 2 heterocycles. The number of nitrogens with two attached hydrogens (primary N) is 1. The second kappa shape index (κ2) is 12.9. The van der Waals surface area contributed by atoms with E-state index in [0.717, 1.165) is 11.1 Å². The molecule has 13 heteroatoms. The van der Waals surface area contributed by atoms with Crippen LogP contribution in [0.4, 0.5) is 13.2 Å². The van der Waals surface area contributed by atoms with Crippen molar-refractivity contribution in [1.82, 2.24) is 13.8 Å². The van der Waals surface area contributed by atoms with Crippen LogP contribution >= 0.6 is 0 Å². The first-order valence-electron chi connectivity index (χ1n) is 14.1. The molecule has 1 fully saturated rings. The fourth-order valence-corrected chi connectivity index (χ4v) is 6.79. The Kier molecular flexibility index (Phi) is 9.14. The molecule has 4 aromatic rings. The van der Waals surface area contributed by atoms with E-state index in [1.165, 1.54) is 33.1 Å². The van der Waals surface area contributed by atoms with E-state index in [4.69, 9.17) is 5.73 Å². The minimum atomic E-state index is -4.86. The molecule has 1 aliphatic heterocycles. The molecule has 0 radical (unpaired) electrons. The van der Waals surface area contributed by atoms with Gasteiger partial charge in [0.15, 0.2) is 5.78 Å². The van der Waals surface area contributed by atoms with Crippen LogP contribution in [0.15, 0.2) is 89.8 Å². The second-order valence-electron chi connectivity index (χ2n) is 10.7. The number of halogens is 3. The van der Waals surface area contributed by atoms with Gasteiger partial charge in [-0.15, -0.1) is 13.2 Å². The number of Topliss-reactive ketones (excluding diaryl/α,β-unsaturated/α-hetero) is 1. The smallest absolute Gasteiger partial charge is 0.406 e. The van der Waals surface area contributed by atoms with Crippen LogP contribution in [0, 0.1) is 6.92 Å². The number of hydrogen-bond donors (Lipinski definition) is 1. The fraction of sp³-hybridized carbons (Fsp3) is 0.250. The quantitative estimate of drug-likeness (QED) is 0.252. The van der Waals surface area contributed by atoms with Gasteiger partial charge in [0.25, 0.3) is 5.91 Å². The van der Waals surface area contributed by atoms with E-state index in [1.807, 2.05) is 35.2 Å². The summed E-state index contributed by atoms with van der Waals surface area (Å²) in [6.07, 6.45) is -4.86. The number of benzene rings is 3. The third-order valence-electron chi connectivity index (χ3n) is 7.69. The zero-order valence-corrected chi connectivity index (χ0v) is 25.1. The van der Waals surface area contributed by atoms with Crippen molar-refractivity contribution in [2.45, 2.75) is 24.7 Å². The molecule has 5 rings (SSSR count). The van der Waals surface area contributed by atoms with Gasteiger partial charge in [-0.05, 0) is 53.9 Å². The van der Waals surface area contributed by atoms with Gasteiger partial charge in [-0.2, -0.15) is 4.31 Å². The summed E-state index contributed by atoms with van der Waals surface area (Å²) in [5.74, 6) is -1.50. The number of carbonyl (C=O) groups is 2. The Balaban J connectivity index is 1.26. The number of ketones is 1. The number of ether oxygens (including phenoxy) is 1. The van der Waals surface area contributed by atoms with Crippen molar-refractivity contribution in [1.29, 1.82) is 0 Å².